The molecule has 35 heavy (non-hydrogen) atoms. The first-order chi connectivity index (χ1) is 17.0. The minimum Gasteiger partial charge on any atom is -0.480 e. The van der Waals surface area contributed by atoms with Gasteiger partial charge in [-0.2, -0.15) is 0 Å². The fraction of sp³-hybridized carbons (Fsp3) is 0.115. The Hall–Kier alpha value is -4.50. The number of fused-ring (bicyclic) bond motifs is 3. The summed E-state index contributed by atoms with van der Waals surface area (Å²) in [6, 6.07) is 18.0. The van der Waals surface area contributed by atoms with Crippen molar-refractivity contribution in [1.29, 1.82) is 0 Å². The topological polar surface area (TPSA) is 118 Å². The third kappa shape index (κ3) is 4.13. The van der Waals surface area contributed by atoms with Crippen LogP contribution in [0.3, 0.4) is 0 Å². The van der Waals surface area contributed by atoms with Gasteiger partial charge in [0.2, 0.25) is 0 Å². The maximum atomic E-state index is 14.4. The third-order valence-electron chi connectivity index (χ3n) is 5.77. The number of hydrogen-bond donors (Lipinski definition) is 3. The molecule has 5 aromatic rings. The van der Waals surface area contributed by atoms with Gasteiger partial charge in [-0.15, -0.1) is 0 Å². The van der Waals surface area contributed by atoms with Gasteiger partial charge in [-0.05, 0) is 35.9 Å². The van der Waals surface area contributed by atoms with Gasteiger partial charge in [0.1, 0.15) is 35.0 Å². The van der Waals surface area contributed by atoms with Crippen LogP contribution < -0.4 is 10.9 Å². The number of carboxylic acids is 1. The molecule has 5 rings (SSSR count). The van der Waals surface area contributed by atoms with E-state index in [9.17, 15) is 24.2 Å². The fourth-order valence-electron chi connectivity index (χ4n) is 4.11. The number of aliphatic hydroxyl groups excluding tert-OH is 1. The summed E-state index contributed by atoms with van der Waals surface area (Å²) in [5, 5.41) is 24.2. The van der Waals surface area contributed by atoms with E-state index in [1.54, 1.807) is 18.2 Å². The summed E-state index contributed by atoms with van der Waals surface area (Å²) in [6.07, 6.45) is 1.22. The molecule has 0 saturated carbocycles. The monoisotopic (exact) mass is 473 g/mol. The van der Waals surface area contributed by atoms with Crippen LogP contribution >= 0.6 is 0 Å². The van der Waals surface area contributed by atoms with E-state index in [2.05, 4.69) is 10.3 Å². The Morgan fingerprint density at radius 1 is 1.06 bits per heavy atom. The van der Waals surface area contributed by atoms with Gasteiger partial charge in [-0.3, -0.25) is 14.2 Å². The summed E-state index contributed by atoms with van der Waals surface area (Å²) in [5.74, 6) is -2.01. The summed E-state index contributed by atoms with van der Waals surface area (Å²) < 4.78 is 21.1. The third-order valence-corrected chi connectivity index (χ3v) is 5.77. The number of para-hydroxylation sites is 1. The van der Waals surface area contributed by atoms with E-state index in [1.165, 1.54) is 24.4 Å². The van der Waals surface area contributed by atoms with Crippen molar-refractivity contribution in [2.45, 2.75) is 12.6 Å². The van der Waals surface area contributed by atoms with Crippen LogP contribution in [0.25, 0.3) is 33.3 Å². The molecule has 9 heteroatoms. The minimum absolute atomic E-state index is 0.00777. The summed E-state index contributed by atoms with van der Waals surface area (Å²) in [4.78, 5) is 28.9. The average molecular weight is 473 g/mol. The van der Waals surface area contributed by atoms with Gasteiger partial charge in [0.25, 0.3) is 5.56 Å². The van der Waals surface area contributed by atoms with Crippen molar-refractivity contribution in [2.75, 3.05) is 11.9 Å². The second kappa shape index (κ2) is 9.03. The molecule has 8 nitrogen and oxygen atoms in total. The molecule has 3 aromatic carbocycles. The number of aliphatic hydroxyl groups is 1. The molecule has 1 atom stereocenters. The second-order valence-electron chi connectivity index (χ2n) is 7.99. The molecule has 176 valence electrons. The Bertz CT molecular complexity index is 1630. The first kappa shape index (κ1) is 22.3. The summed E-state index contributed by atoms with van der Waals surface area (Å²) in [6.45, 7) is -1.06. The smallest absolute Gasteiger partial charge is 0.323 e. The summed E-state index contributed by atoms with van der Waals surface area (Å²) in [7, 11) is 0. The zero-order valence-corrected chi connectivity index (χ0v) is 18.3. The Morgan fingerprint density at radius 2 is 1.80 bits per heavy atom. The fourth-order valence-corrected chi connectivity index (χ4v) is 4.11. The Labute approximate surface area is 197 Å². The number of rotatable bonds is 7. The van der Waals surface area contributed by atoms with Crippen LogP contribution in [0.2, 0.25) is 0 Å². The molecule has 0 aliphatic heterocycles. The molecule has 0 fully saturated rings. The van der Waals surface area contributed by atoms with Crippen molar-refractivity contribution < 1.29 is 23.8 Å². The number of carboxylic acid groups (broad SMARTS) is 1. The number of nitrogens with zero attached hydrogens (tertiary/aromatic N) is 2. The van der Waals surface area contributed by atoms with Crippen LogP contribution in [0, 0.1) is 5.82 Å². The normalized spacial score (nSPS) is 12.2. The lowest BCUT2D eigenvalue weighted by atomic mass is 10.0. The minimum atomic E-state index is -1.28. The standard InChI is InChI=1S/C26H20FN3O5/c27-19-7-3-1-6-17(19)25-28-12-20(26(34)30(25)13-24(32)33)29-21(14-31)15-9-10-23-18(11-15)16-5-2-4-8-22(16)35-23/h1-12,21,29,31H,13-14H2,(H,32,33). The lowest BCUT2D eigenvalue weighted by molar-refractivity contribution is -0.137. The van der Waals surface area contributed by atoms with Crippen molar-refractivity contribution in [3.05, 3.63) is 94.7 Å². The lowest BCUT2D eigenvalue weighted by Gasteiger charge is -2.19. The van der Waals surface area contributed by atoms with Crippen molar-refractivity contribution in [2.24, 2.45) is 0 Å². The maximum absolute atomic E-state index is 14.4. The molecule has 0 amide bonds. The van der Waals surface area contributed by atoms with Crippen LogP contribution in [0.15, 0.2) is 82.1 Å². The Morgan fingerprint density at radius 3 is 2.57 bits per heavy atom. The number of aromatic nitrogens is 2. The van der Waals surface area contributed by atoms with Gasteiger partial charge in [-0.25, -0.2) is 9.37 Å². The maximum Gasteiger partial charge on any atom is 0.323 e. The van der Waals surface area contributed by atoms with E-state index in [1.807, 2.05) is 30.3 Å². The van der Waals surface area contributed by atoms with E-state index in [0.29, 0.717) is 11.1 Å². The largest absolute Gasteiger partial charge is 0.480 e. The van der Waals surface area contributed by atoms with Crippen molar-refractivity contribution in [3.63, 3.8) is 0 Å². The van der Waals surface area contributed by atoms with E-state index in [0.717, 1.165) is 20.9 Å². The quantitative estimate of drug-likeness (QED) is 0.325. The number of hydrogen-bond acceptors (Lipinski definition) is 6. The van der Waals surface area contributed by atoms with Gasteiger partial charge < -0.3 is 19.9 Å². The van der Waals surface area contributed by atoms with Crippen LogP contribution in [-0.4, -0.2) is 32.3 Å². The van der Waals surface area contributed by atoms with Crippen LogP contribution in [0.4, 0.5) is 10.1 Å². The molecule has 0 bridgehead atoms. The molecular formula is C26H20FN3O5. The Kier molecular flexibility index (Phi) is 5.76. The van der Waals surface area contributed by atoms with Gasteiger partial charge in [-0.1, -0.05) is 36.4 Å². The highest BCUT2D eigenvalue weighted by Crippen LogP contribution is 2.31. The molecule has 0 radical (unpaired) electrons. The number of aliphatic carboxylic acids is 1. The number of carbonyl (C=O) groups is 1. The molecular weight excluding hydrogens is 453 g/mol. The molecule has 0 aliphatic carbocycles. The Balaban J connectivity index is 1.55. The predicted octanol–water partition coefficient (Wildman–Crippen LogP) is 4.18. The molecule has 2 aromatic heterocycles. The van der Waals surface area contributed by atoms with Gasteiger partial charge in [0.15, 0.2) is 0 Å². The van der Waals surface area contributed by atoms with Crippen molar-refractivity contribution in [1.82, 2.24) is 9.55 Å². The number of anilines is 1. The molecule has 0 spiro atoms. The lowest BCUT2D eigenvalue weighted by Crippen LogP contribution is -2.30. The van der Waals surface area contributed by atoms with Crippen LogP contribution in [0.1, 0.15) is 11.6 Å². The van der Waals surface area contributed by atoms with E-state index < -0.39 is 29.9 Å². The number of furan rings is 1. The zero-order chi connectivity index (χ0) is 24.5. The molecule has 1 unspecified atom stereocenters. The first-order valence-electron chi connectivity index (χ1n) is 10.8. The number of halogens is 1. The predicted molar refractivity (Wildman–Crippen MR) is 129 cm³/mol. The summed E-state index contributed by atoms with van der Waals surface area (Å²) in [5.41, 5.74) is 1.39. The van der Waals surface area contributed by atoms with Crippen LogP contribution in [-0.2, 0) is 11.3 Å². The van der Waals surface area contributed by atoms with Crippen molar-refractivity contribution in [3.8, 4) is 11.4 Å². The van der Waals surface area contributed by atoms with E-state index >= 15 is 0 Å². The van der Waals surface area contributed by atoms with Crippen LogP contribution in [0.5, 0.6) is 0 Å². The van der Waals surface area contributed by atoms with E-state index in [-0.39, 0.29) is 23.7 Å². The highest BCUT2D eigenvalue weighted by Gasteiger charge is 2.20. The van der Waals surface area contributed by atoms with Crippen molar-refractivity contribution >= 4 is 33.6 Å². The second-order valence-corrected chi connectivity index (χ2v) is 7.99. The zero-order valence-electron chi connectivity index (χ0n) is 18.3. The van der Waals surface area contributed by atoms with Gasteiger partial charge in [0.05, 0.1) is 24.4 Å². The number of nitrogens with one attached hydrogen (secondary N) is 1. The molecule has 3 N–H and O–H groups in total. The highest BCUT2D eigenvalue weighted by atomic mass is 19.1. The molecule has 0 aliphatic rings. The van der Waals surface area contributed by atoms with Gasteiger partial charge >= 0.3 is 5.97 Å². The molecule has 2 heterocycles. The average Bonchev–Trinajstić information content (AvgIpc) is 3.23. The highest BCUT2D eigenvalue weighted by molar-refractivity contribution is 6.05. The number of benzene rings is 3. The summed E-state index contributed by atoms with van der Waals surface area (Å²) >= 11 is 0. The SMILES string of the molecule is O=C(O)Cn1c(-c2ccccc2F)ncc(NC(CO)c2ccc3oc4ccccc4c3c2)c1=O. The van der Waals surface area contributed by atoms with Gasteiger partial charge in [0, 0.05) is 10.8 Å². The van der Waals surface area contributed by atoms with E-state index in [4.69, 9.17) is 4.42 Å². The molecule has 0 saturated heterocycles. The first-order valence-corrected chi connectivity index (χ1v) is 10.8.